The lowest BCUT2D eigenvalue weighted by Crippen LogP contribution is -2.42. The van der Waals surface area contributed by atoms with Crippen LogP contribution in [0.1, 0.15) is 64.7 Å². The lowest BCUT2D eigenvalue weighted by Gasteiger charge is -2.34. The topological polar surface area (TPSA) is 41.1 Å². The van der Waals surface area contributed by atoms with Crippen LogP contribution in [0.2, 0.25) is 0 Å². The molecule has 0 bridgehead atoms. The highest BCUT2D eigenvalue weighted by Gasteiger charge is 2.27. The summed E-state index contributed by atoms with van der Waals surface area (Å²) < 4.78 is 0. The molecule has 1 amide bonds. The van der Waals surface area contributed by atoms with E-state index < -0.39 is 0 Å². The van der Waals surface area contributed by atoms with Crippen molar-refractivity contribution in [3.05, 3.63) is 0 Å². The van der Waals surface area contributed by atoms with Crippen LogP contribution in [0.4, 0.5) is 0 Å². The van der Waals surface area contributed by atoms with Crippen LogP contribution in [0.3, 0.4) is 0 Å². The third-order valence-electron chi connectivity index (χ3n) is 4.62. The summed E-state index contributed by atoms with van der Waals surface area (Å²) in [7, 11) is 0. The molecule has 0 radical (unpaired) electrons. The van der Waals surface area contributed by atoms with E-state index in [2.05, 4.69) is 17.6 Å². The summed E-state index contributed by atoms with van der Waals surface area (Å²) in [4.78, 5) is 11.9. The minimum absolute atomic E-state index is 0.237. The highest BCUT2D eigenvalue weighted by atomic mass is 16.1. The Kier molecular flexibility index (Phi) is 5.04. The Bertz CT molecular complexity index is 266. The highest BCUT2D eigenvalue weighted by molar-refractivity contribution is 5.76. The minimum atomic E-state index is 0.237. The van der Waals surface area contributed by atoms with Crippen molar-refractivity contribution in [3.63, 3.8) is 0 Å². The van der Waals surface area contributed by atoms with Crippen molar-refractivity contribution in [1.82, 2.24) is 10.6 Å². The van der Waals surface area contributed by atoms with Gasteiger partial charge in [-0.25, -0.2) is 0 Å². The van der Waals surface area contributed by atoms with Gasteiger partial charge in [0, 0.05) is 19.0 Å². The molecule has 3 heteroatoms. The van der Waals surface area contributed by atoms with Gasteiger partial charge in [-0.1, -0.05) is 32.6 Å². The molecule has 104 valence electrons. The fourth-order valence-corrected chi connectivity index (χ4v) is 3.29. The Labute approximate surface area is 111 Å². The van der Waals surface area contributed by atoms with E-state index in [-0.39, 0.29) is 5.91 Å². The molecule has 3 nitrogen and oxygen atoms in total. The van der Waals surface area contributed by atoms with Crippen molar-refractivity contribution in [2.75, 3.05) is 13.1 Å². The summed E-state index contributed by atoms with van der Waals surface area (Å²) in [6, 6.07) is 0.415. The van der Waals surface area contributed by atoms with E-state index >= 15 is 0 Å². The first-order chi connectivity index (χ1) is 8.68. The molecule has 0 aromatic rings. The predicted octanol–water partition coefficient (Wildman–Crippen LogP) is 2.61. The Morgan fingerprint density at radius 3 is 2.67 bits per heavy atom. The Hall–Kier alpha value is -0.570. The molecule has 2 rings (SSSR count). The van der Waals surface area contributed by atoms with Crippen LogP contribution in [-0.4, -0.2) is 25.0 Å². The second kappa shape index (κ2) is 6.55. The third kappa shape index (κ3) is 4.27. The van der Waals surface area contributed by atoms with E-state index in [1.165, 1.54) is 44.9 Å². The molecule has 2 N–H and O–H groups in total. The Morgan fingerprint density at radius 1 is 1.22 bits per heavy atom. The number of hydrogen-bond acceptors (Lipinski definition) is 2. The van der Waals surface area contributed by atoms with Gasteiger partial charge < -0.3 is 10.6 Å². The first kappa shape index (κ1) is 13.9. The number of nitrogens with one attached hydrogen (secondary N) is 2. The van der Waals surface area contributed by atoms with E-state index in [0.717, 1.165) is 19.5 Å². The molecule has 2 fully saturated rings. The number of carbonyl (C=O) groups is 1. The van der Waals surface area contributed by atoms with Crippen molar-refractivity contribution in [2.24, 2.45) is 5.41 Å². The quantitative estimate of drug-likeness (QED) is 0.807. The van der Waals surface area contributed by atoms with Crippen molar-refractivity contribution in [1.29, 1.82) is 0 Å². The van der Waals surface area contributed by atoms with Gasteiger partial charge in [0.1, 0.15) is 0 Å². The molecule has 0 aromatic heterocycles. The normalized spacial score (nSPS) is 27.7. The van der Waals surface area contributed by atoms with Crippen LogP contribution in [0, 0.1) is 5.41 Å². The average molecular weight is 252 g/mol. The van der Waals surface area contributed by atoms with Gasteiger partial charge in [-0.2, -0.15) is 0 Å². The number of carbonyl (C=O) groups excluding carboxylic acids is 1. The molecule has 18 heavy (non-hydrogen) atoms. The van der Waals surface area contributed by atoms with Gasteiger partial charge in [0.2, 0.25) is 5.91 Å². The summed E-state index contributed by atoms with van der Waals surface area (Å²) in [5, 5.41) is 6.60. The molecular formula is C15H28N2O. The smallest absolute Gasteiger partial charge is 0.221 e. The first-order valence-corrected chi connectivity index (χ1v) is 7.68. The lowest BCUT2D eigenvalue weighted by atomic mass is 9.76. The van der Waals surface area contributed by atoms with Gasteiger partial charge in [0.05, 0.1) is 0 Å². The minimum Gasteiger partial charge on any atom is -0.356 e. The Balaban J connectivity index is 1.67. The summed E-state index contributed by atoms with van der Waals surface area (Å²) in [5.74, 6) is 0.237. The monoisotopic (exact) mass is 252 g/mol. The molecule has 1 aliphatic carbocycles. The van der Waals surface area contributed by atoms with Crippen molar-refractivity contribution >= 4 is 5.91 Å². The zero-order valence-electron chi connectivity index (χ0n) is 11.8. The zero-order valence-corrected chi connectivity index (χ0v) is 11.8. The molecule has 1 aliphatic heterocycles. The molecule has 1 saturated carbocycles. The molecule has 0 spiro atoms. The standard InChI is InChI=1S/C15H28N2O/c1-15(8-4-2-5-9-15)12-17-14(18)11-13-7-3-6-10-16-13/h13,16H,2-12H2,1H3,(H,17,18). The van der Waals surface area contributed by atoms with Crippen molar-refractivity contribution in [3.8, 4) is 0 Å². The van der Waals surface area contributed by atoms with Crippen LogP contribution in [-0.2, 0) is 4.79 Å². The van der Waals surface area contributed by atoms with Gasteiger partial charge in [-0.15, -0.1) is 0 Å². The second-order valence-corrected chi connectivity index (χ2v) is 6.50. The SMILES string of the molecule is CC1(CNC(=O)CC2CCCCN2)CCCCC1. The molecule has 0 aromatic carbocycles. The summed E-state index contributed by atoms with van der Waals surface area (Å²) in [6.45, 7) is 4.28. The van der Waals surface area contributed by atoms with Crippen molar-refractivity contribution < 1.29 is 4.79 Å². The first-order valence-electron chi connectivity index (χ1n) is 7.68. The van der Waals surface area contributed by atoms with Crippen LogP contribution >= 0.6 is 0 Å². The molecule has 2 aliphatic rings. The Morgan fingerprint density at radius 2 is 2.00 bits per heavy atom. The van der Waals surface area contributed by atoms with Gasteiger partial charge in [0.25, 0.3) is 0 Å². The zero-order chi connectivity index (χ0) is 12.8. The van der Waals surface area contributed by atoms with E-state index in [1.807, 2.05) is 0 Å². The summed E-state index contributed by atoms with van der Waals surface area (Å²) >= 11 is 0. The van der Waals surface area contributed by atoms with Crippen LogP contribution in [0.25, 0.3) is 0 Å². The highest BCUT2D eigenvalue weighted by Crippen LogP contribution is 2.34. The lowest BCUT2D eigenvalue weighted by molar-refractivity contribution is -0.122. The molecule has 1 saturated heterocycles. The largest absolute Gasteiger partial charge is 0.356 e. The van der Waals surface area contributed by atoms with Gasteiger partial charge in [0.15, 0.2) is 0 Å². The van der Waals surface area contributed by atoms with Gasteiger partial charge in [-0.3, -0.25) is 4.79 Å². The van der Waals surface area contributed by atoms with E-state index in [1.54, 1.807) is 0 Å². The number of amides is 1. The van der Waals surface area contributed by atoms with Crippen LogP contribution in [0.15, 0.2) is 0 Å². The van der Waals surface area contributed by atoms with Gasteiger partial charge in [-0.05, 0) is 37.6 Å². The number of piperidine rings is 1. The fourth-order valence-electron chi connectivity index (χ4n) is 3.29. The van der Waals surface area contributed by atoms with E-state index in [4.69, 9.17) is 0 Å². The molecule has 1 atom stereocenters. The van der Waals surface area contributed by atoms with Gasteiger partial charge >= 0.3 is 0 Å². The van der Waals surface area contributed by atoms with Crippen LogP contribution in [0.5, 0.6) is 0 Å². The number of rotatable bonds is 4. The maximum atomic E-state index is 11.9. The maximum absolute atomic E-state index is 11.9. The number of hydrogen-bond donors (Lipinski definition) is 2. The molecule has 1 unspecified atom stereocenters. The second-order valence-electron chi connectivity index (χ2n) is 6.50. The summed E-state index contributed by atoms with van der Waals surface area (Å²) in [6.07, 6.45) is 10.9. The predicted molar refractivity (Wildman–Crippen MR) is 74.5 cm³/mol. The van der Waals surface area contributed by atoms with Crippen molar-refractivity contribution in [2.45, 2.75) is 70.8 Å². The fraction of sp³-hybridized carbons (Fsp3) is 0.933. The van der Waals surface area contributed by atoms with E-state index in [9.17, 15) is 4.79 Å². The van der Waals surface area contributed by atoms with E-state index in [0.29, 0.717) is 17.9 Å². The van der Waals surface area contributed by atoms with Crippen LogP contribution < -0.4 is 10.6 Å². The summed E-state index contributed by atoms with van der Waals surface area (Å²) in [5.41, 5.74) is 0.355. The maximum Gasteiger partial charge on any atom is 0.221 e. The molecular weight excluding hydrogens is 224 g/mol. The third-order valence-corrected chi connectivity index (χ3v) is 4.62. The molecule has 1 heterocycles. The average Bonchev–Trinajstić information content (AvgIpc) is 2.39.